The van der Waals surface area contributed by atoms with Crippen LogP contribution in [0.3, 0.4) is 0 Å². The second kappa shape index (κ2) is 7.98. The van der Waals surface area contributed by atoms with Gasteiger partial charge in [-0.15, -0.1) is 0 Å². The molecule has 1 aromatic carbocycles. The van der Waals surface area contributed by atoms with E-state index >= 15 is 0 Å². The summed E-state index contributed by atoms with van der Waals surface area (Å²) in [6, 6.07) is 4.03. The minimum atomic E-state index is -3.11. The first-order valence-electron chi connectivity index (χ1n) is 6.81. The van der Waals surface area contributed by atoms with E-state index < -0.39 is 21.7 Å². The molecule has 0 atom stereocenters. The van der Waals surface area contributed by atoms with Crippen molar-refractivity contribution in [1.29, 1.82) is 0 Å². The van der Waals surface area contributed by atoms with Gasteiger partial charge in [0, 0.05) is 25.9 Å². The maximum atomic E-state index is 13.6. The molecule has 0 aliphatic heterocycles. The minimum Gasteiger partial charge on any atom is -0.494 e. The van der Waals surface area contributed by atoms with E-state index in [1.807, 2.05) is 0 Å². The van der Waals surface area contributed by atoms with Gasteiger partial charge < -0.3 is 15.0 Å². The molecule has 0 fully saturated rings. The molecule has 0 bridgehead atoms. The molecule has 0 aliphatic rings. The molecule has 2 amide bonds. The van der Waals surface area contributed by atoms with E-state index in [0.29, 0.717) is 5.56 Å². The summed E-state index contributed by atoms with van der Waals surface area (Å²) in [7, 11) is -0.185. The molecule has 22 heavy (non-hydrogen) atoms. The van der Waals surface area contributed by atoms with Gasteiger partial charge in [-0.2, -0.15) is 0 Å². The van der Waals surface area contributed by atoms with Crippen LogP contribution in [-0.4, -0.2) is 51.6 Å². The molecule has 0 saturated carbocycles. The van der Waals surface area contributed by atoms with Gasteiger partial charge in [0.2, 0.25) is 0 Å². The number of nitrogens with zero attached hydrogens (tertiary/aromatic N) is 1. The van der Waals surface area contributed by atoms with Crippen LogP contribution in [0.1, 0.15) is 12.5 Å². The average Bonchev–Trinajstić information content (AvgIpc) is 2.47. The van der Waals surface area contributed by atoms with Crippen LogP contribution < -0.4 is 10.1 Å². The summed E-state index contributed by atoms with van der Waals surface area (Å²) in [5.41, 5.74) is 0.608. The van der Waals surface area contributed by atoms with Crippen LogP contribution in [0.5, 0.6) is 5.75 Å². The lowest BCUT2D eigenvalue weighted by Crippen LogP contribution is -2.39. The van der Waals surface area contributed by atoms with Crippen molar-refractivity contribution in [1.82, 2.24) is 10.2 Å². The Hall–Kier alpha value is -1.83. The van der Waals surface area contributed by atoms with E-state index in [9.17, 15) is 17.6 Å². The number of sulfone groups is 1. The summed E-state index contributed by atoms with van der Waals surface area (Å²) < 4.78 is 41.0. The summed E-state index contributed by atoms with van der Waals surface area (Å²) in [5, 5.41) is 2.52. The van der Waals surface area contributed by atoms with Crippen LogP contribution in [0, 0.1) is 5.82 Å². The number of hydrogen-bond donors (Lipinski definition) is 1. The topological polar surface area (TPSA) is 75.7 Å². The van der Waals surface area contributed by atoms with Gasteiger partial charge in [0.15, 0.2) is 21.4 Å². The maximum absolute atomic E-state index is 13.6. The van der Waals surface area contributed by atoms with Crippen LogP contribution in [-0.2, 0) is 16.4 Å². The molecule has 0 aromatic heterocycles. The third-order valence-corrected chi connectivity index (χ3v) is 4.82. The Morgan fingerprint density at radius 3 is 2.64 bits per heavy atom. The lowest BCUT2D eigenvalue weighted by molar-refractivity contribution is 0.207. The van der Waals surface area contributed by atoms with E-state index in [1.54, 1.807) is 20.0 Å². The second-order valence-electron chi connectivity index (χ2n) is 4.79. The third-order valence-electron chi connectivity index (χ3n) is 3.11. The van der Waals surface area contributed by atoms with Gasteiger partial charge in [0.1, 0.15) is 0 Å². The van der Waals surface area contributed by atoms with Crippen molar-refractivity contribution in [3.8, 4) is 5.75 Å². The van der Waals surface area contributed by atoms with Crippen molar-refractivity contribution < 1.29 is 22.3 Å². The zero-order valence-corrected chi connectivity index (χ0v) is 13.7. The van der Waals surface area contributed by atoms with Crippen molar-refractivity contribution in [2.24, 2.45) is 0 Å². The number of methoxy groups -OCH3 is 1. The number of hydrogen-bond acceptors (Lipinski definition) is 4. The number of nitrogens with one attached hydrogen (secondary N) is 1. The molecule has 0 aliphatic carbocycles. The Morgan fingerprint density at radius 2 is 2.09 bits per heavy atom. The normalized spacial score (nSPS) is 11.1. The van der Waals surface area contributed by atoms with Gasteiger partial charge in [-0.3, -0.25) is 0 Å². The Morgan fingerprint density at radius 1 is 1.41 bits per heavy atom. The highest BCUT2D eigenvalue weighted by Crippen LogP contribution is 2.18. The molecular formula is C14H21FN2O4S. The molecule has 0 radical (unpaired) electrons. The maximum Gasteiger partial charge on any atom is 0.317 e. The van der Waals surface area contributed by atoms with Crippen molar-refractivity contribution in [3.63, 3.8) is 0 Å². The number of carbonyl (C=O) groups is 1. The van der Waals surface area contributed by atoms with Gasteiger partial charge in [0.05, 0.1) is 12.9 Å². The molecule has 0 unspecified atom stereocenters. The van der Waals surface area contributed by atoms with Crippen molar-refractivity contribution >= 4 is 15.9 Å². The number of rotatable bonds is 7. The van der Waals surface area contributed by atoms with Gasteiger partial charge in [0.25, 0.3) is 0 Å². The van der Waals surface area contributed by atoms with Crippen LogP contribution in [0.2, 0.25) is 0 Å². The molecule has 6 nitrogen and oxygen atoms in total. The summed E-state index contributed by atoms with van der Waals surface area (Å²) in [4.78, 5) is 13.2. The van der Waals surface area contributed by atoms with E-state index in [0.717, 1.165) is 0 Å². The van der Waals surface area contributed by atoms with Gasteiger partial charge >= 0.3 is 6.03 Å². The number of benzene rings is 1. The molecular weight excluding hydrogens is 311 g/mol. The van der Waals surface area contributed by atoms with Crippen LogP contribution >= 0.6 is 0 Å². The van der Waals surface area contributed by atoms with E-state index in [2.05, 4.69) is 5.32 Å². The number of amides is 2. The number of ether oxygens (including phenoxy) is 1. The average molecular weight is 332 g/mol. The van der Waals surface area contributed by atoms with E-state index in [4.69, 9.17) is 4.74 Å². The third kappa shape index (κ3) is 5.51. The monoisotopic (exact) mass is 332 g/mol. The number of urea groups is 1. The Balaban J connectivity index is 2.52. The van der Waals surface area contributed by atoms with Crippen LogP contribution in [0.25, 0.3) is 0 Å². The predicted molar refractivity (Wildman–Crippen MR) is 82.1 cm³/mol. The number of carbonyl (C=O) groups excluding carboxylic acids is 1. The molecule has 1 aromatic rings. The first kappa shape index (κ1) is 18.2. The van der Waals surface area contributed by atoms with E-state index in [1.165, 1.54) is 24.1 Å². The molecule has 8 heteroatoms. The zero-order chi connectivity index (χ0) is 16.8. The fourth-order valence-corrected chi connectivity index (χ4v) is 2.45. The van der Waals surface area contributed by atoms with Crippen molar-refractivity contribution in [3.05, 3.63) is 29.6 Å². The Kier molecular flexibility index (Phi) is 6.61. The summed E-state index contributed by atoms with van der Waals surface area (Å²) in [6.45, 7) is 1.81. The molecule has 0 spiro atoms. The van der Waals surface area contributed by atoms with Gasteiger partial charge in [-0.05, 0) is 17.7 Å². The fraction of sp³-hybridized carbons (Fsp3) is 0.500. The fourth-order valence-electron chi connectivity index (χ4n) is 1.75. The summed E-state index contributed by atoms with van der Waals surface area (Å²) >= 11 is 0. The zero-order valence-electron chi connectivity index (χ0n) is 12.9. The highest BCUT2D eigenvalue weighted by molar-refractivity contribution is 7.91. The molecule has 0 heterocycles. The largest absolute Gasteiger partial charge is 0.494 e. The lowest BCUT2D eigenvalue weighted by atomic mass is 10.2. The van der Waals surface area contributed by atoms with Crippen LogP contribution in [0.15, 0.2) is 18.2 Å². The SMILES string of the molecule is CCS(=O)(=O)CCNC(=O)N(C)Cc1ccc(OC)c(F)c1. The molecule has 0 saturated heterocycles. The van der Waals surface area contributed by atoms with Crippen LogP contribution in [0.4, 0.5) is 9.18 Å². The Bertz CT molecular complexity index is 619. The first-order chi connectivity index (χ1) is 10.3. The quantitative estimate of drug-likeness (QED) is 0.819. The first-order valence-corrected chi connectivity index (χ1v) is 8.63. The molecule has 1 rings (SSSR count). The summed E-state index contributed by atoms with van der Waals surface area (Å²) in [5.74, 6) is -0.409. The highest BCUT2D eigenvalue weighted by atomic mass is 32.2. The molecule has 124 valence electrons. The van der Waals surface area contributed by atoms with Gasteiger partial charge in [-0.1, -0.05) is 13.0 Å². The smallest absolute Gasteiger partial charge is 0.317 e. The van der Waals surface area contributed by atoms with Crippen molar-refractivity contribution in [2.45, 2.75) is 13.5 Å². The predicted octanol–water partition coefficient (Wildman–Crippen LogP) is 1.41. The standard InChI is InChI=1S/C14H21FN2O4S/c1-4-22(19,20)8-7-16-14(18)17(2)10-11-5-6-13(21-3)12(15)9-11/h5-6,9H,4,7-8,10H2,1-3H3,(H,16,18). The van der Waals surface area contributed by atoms with Crippen molar-refractivity contribution in [2.75, 3.05) is 32.2 Å². The highest BCUT2D eigenvalue weighted by Gasteiger charge is 2.12. The minimum absolute atomic E-state index is 0.0455. The number of halogens is 1. The Labute approximate surface area is 130 Å². The molecule has 1 N–H and O–H groups in total. The summed E-state index contributed by atoms with van der Waals surface area (Å²) in [6.07, 6.45) is 0. The second-order valence-corrected chi connectivity index (χ2v) is 7.27. The van der Waals surface area contributed by atoms with Gasteiger partial charge in [-0.25, -0.2) is 17.6 Å². The lowest BCUT2D eigenvalue weighted by Gasteiger charge is -2.18. The van der Waals surface area contributed by atoms with E-state index in [-0.39, 0.29) is 30.3 Å².